The molecule has 7 nitrogen and oxygen atoms in total. The van der Waals surface area contributed by atoms with Crippen LogP contribution in [-0.4, -0.2) is 31.4 Å². The summed E-state index contributed by atoms with van der Waals surface area (Å²) in [6.45, 7) is 1.75. The van der Waals surface area contributed by atoms with E-state index >= 15 is 0 Å². The Kier molecular flexibility index (Phi) is 6.26. The predicted molar refractivity (Wildman–Crippen MR) is 81.6 cm³/mol. The number of carboxylic acids is 1. The fraction of sp³-hybridized carbons (Fsp3) is 0.286. The van der Waals surface area contributed by atoms with Gasteiger partial charge in [0.05, 0.1) is 5.75 Å². The number of primary sulfonamides is 1. The van der Waals surface area contributed by atoms with Crippen molar-refractivity contribution < 1.29 is 23.1 Å². The Morgan fingerprint density at radius 3 is 2.64 bits per heavy atom. The third-order valence-corrected chi connectivity index (χ3v) is 3.50. The number of aliphatic carboxylic acids is 1. The van der Waals surface area contributed by atoms with Gasteiger partial charge in [0.15, 0.2) is 0 Å². The molecule has 0 bridgehead atoms. The zero-order valence-corrected chi connectivity index (χ0v) is 12.8. The number of sulfonamides is 1. The Balaban J connectivity index is 2.88. The quantitative estimate of drug-likeness (QED) is 0.633. The van der Waals surface area contributed by atoms with Crippen molar-refractivity contribution in [2.24, 2.45) is 5.14 Å². The number of nitrogens with two attached hydrogens (primary N) is 1. The number of benzene rings is 1. The fourth-order valence-corrected chi connectivity index (χ4v) is 2.41. The average Bonchev–Trinajstić information content (AvgIpc) is 2.41. The molecule has 8 heteroatoms. The normalized spacial score (nSPS) is 13.0. The van der Waals surface area contributed by atoms with Gasteiger partial charge >= 0.3 is 5.97 Å². The number of hydrogen-bond acceptors (Lipinski definition) is 4. The number of carbonyl (C=O) groups excluding carboxylic acids is 1. The lowest BCUT2D eigenvalue weighted by molar-refractivity contribution is -0.139. The summed E-state index contributed by atoms with van der Waals surface area (Å²) in [5.74, 6) is -2.13. The van der Waals surface area contributed by atoms with Crippen LogP contribution in [0.4, 0.5) is 0 Å². The van der Waals surface area contributed by atoms with Gasteiger partial charge in [0.1, 0.15) is 6.04 Å². The molecule has 1 atom stereocenters. The van der Waals surface area contributed by atoms with Gasteiger partial charge in [-0.3, -0.25) is 4.79 Å². The Hall–Kier alpha value is -2.19. The monoisotopic (exact) mass is 326 g/mol. The van der Waals surface area contributed by atoms with E-state index < -0.39 is 33.7 Å². The molecule has 1 aromatic rings. The molecule has 120 valence electrons. The first-order chi connectivity index (χ1) is 10.2. The molecule has 0 aromatic heterocycles. The highest BCUT2D eigenvalue weighted by Crippen LogP contribution is 2.09. The van der Waals surface area contributed by atoms with Crippen LogP contribution in [0.1, 0.15) is 29.3 Å². The second-order valence-electron chi connectivity index (χ2n) is 4.68. The molecule has 1 amide bonds. The van der Waals surface area contributed by atoms with Crippen molar-refractivity contribution in [2.45, 2.75) is 25.1 Å². The number of allylic oxidation sites excluding steroid dienone is 1. The minimum Gasteiger partial charge on any atom is -0.480 e. The Morgan fingerprint density at radius 2 is 2.09 bits per heavy atom. The van der Waals surface area contributed by atoms with Gasteiger partial charge < -0.3 is 10.4 Å². The highest BCUT2D eigenvalue weighted by atomic mass is 32.2. The molecule has 0 aliphatic heterocycles. The van der Waals surface area contributed by atoms with Crippen molar-refractivity contribution >= 4 is 21.9 Å². The van der Waals surface area contributed by atoms with E-state index in [9.17, 15) is 18.0 Å². The molecule has 0 fully saturated rings. The summed E-state index contributed by atoms with van der Waals surface area (Å²) in [4.78, 5) is 23.1. The lowest BCUT2D eigenvalue weighted by atomic mass is 10.1. The Bertz CT molecular complexity index is 682. The molecule has 0 heterocycles. The van der Waals surface area contributed by atoms with Crippen molar-refractivity contribution in [1.82, 2.24) is 5.32 Å². The molecule has 0 saturated carbocycles. The Morgan fingerprint density at radius 1 is 1.41 bits per heavy atom. The SMILES string of the molecule is C/C=C/CC(NC(=O)c1cccc(CS(N)(=O)=O)c1)C(=O)O. The number of amides is 1. The minimum absolute atomic E-state index is 0.161. The first-order valence-corrected chi connectivity index (χ1v) is 8.18. The second kappa shape index (κ2) is 7.71. The van der Waals surface area contributed by atoms with Crippen LogP contribution in [-0.2, 0) is 20.6 Å². The first kappa shape index (κ1) is 17.9. The summed E-state index contributed by atoms with van der Waals surface area (Å²) in [7, 11) is -3.70. The summed E-state index contributed by atoms with van der Waals surface area (Å²) in [6, 6.07) is 4.82. The van der Waals surface area contributed by atoms with Crippen molar-refractivity contribution in [3.05, 3.63) is 47.5 Å². The molecule has 0 saturated heterocycles. The van der Waals surface area contributed by atoms with Gasteiger partial charge in [0.25, 0.3) is 5.91 Å². The largest absolute Gasteiger partial charge is 0.480 e. The molecule has 1 rings (SSSR count). The van der Waals surface area contributed by atoms with E-state index in [0.717, 1.165) is 0 Å². The highest BCUT2D eigenvalue weighted by Gasteiger charge is 2.19. The van der Waals surface area contributed by atoms with Crippen molar-refractivity contribution in [1.29, 1.82) is 0 Å². The molecule has 4 N–H and O–H groups in total. The van der Waals surface area contributed by atoms with E-state index in [2.05, 4.69) is 5.32 Å². The van der Waals surface area contributed by atoms with Gasteiger partial charge in [-0.15, -0.1) is 0 Å². The third-order valence-electron chi connectivity index (χ3n) is 2.77. The third kappa shape index (κ3) is 6.06. The van der Waals surface area contributed by atoms with Gasteiger partial charge in [-0.25, -0.2) is 18.4 Å². The molecule has 1 aromatic carbocycles. The second-order valence-corrected chi connectivity index (χ2v) is 6.29. The topological polar surface area (TPSA) is 127 Å². The van der Waals surface area contributed by atoms with Gasteiger partial charge in [0, 0.05) is 5.56 Å². The van der Waals surface area contributed by atoms with Gasteiger partial charge in [-0.2, -0.15) is 0 Å². The predicted octanol–water partition coefficient (Wildman–Crippen LogP) is 0.624. The molecule has 1 unspecified atom stereocenters. The number of hydrogen-bond donors (Lipinski definition) is 3. The van der Waals surface area contributed by atoms with Crippen LogP contribution in [0.5, 0.6) is 0 Å². The van der Waals surface area contributed by atoms with Crippen LogP contribution >= 0.6 is 0 Å². The van der Waals surface area contributed by atoms with Gasteiger partial charge in [-0.05, 0) is 31.0 Å². The molecule has 0 radical (unpaired) electrons. The van der Waals surface area contributed by atoms with Crippen LogP contribution in [0, 0.1) is 0 Å². The van der Waals surface area contributed by atoms with E-state index in [-0.39, 0.29) is 12.0 Å². The summed E-state index contributed by atoms with van der Waals surface area (Å²) in [5, 5.41) is 16.4. The van der Waals surface area contributed by atoms with Crippen LogP contribution in [0.25, 0.3) is 0 Å². The zero-order chi connectivity index (χ0) is 16.8. The lowest BCUT2D eigenvalue weighted by Crippen LogP contribution is -2.40. The average molecular weight is 326 g/mol. The fourth-order valence-electron chi connectivity index (χ4n) is 1.77. The maximum absolute atomic E-state index is 12.1. The first-order valence-electron chi connectivity index (χ1n) is 6.47. The molecule has 0 aliphatic rings. The van der Waals surface area contributed by atoms with E-state index in [1.807, 2.05) is 0 Å². The van der Waals surface area contributed by atoms with Crippen LogP contribution in [0.2, 0.25) is 0 Å². The van der Waals surface area contributed by atoms with Crippen molar-refractivity contribution in [3.8, 4) is 0 Å². The molecular weight excluding hydrogens is 308 g/mol. The highest BCUT2D eigenvalue weighted by molar-refractivity contribution is 7.88. The van der Waals surface area contributed by atoms with Crippen LogP contribution < -0.4 is 10.5 Å². The van der Waals surface area contributed by atoms with E-state index in [1.165, 1.54) is 24.3 Å². The van der Waals surface area contributed by atoms with E-state index in [1.54, 1.807) is 19.1 Å². The van der Waals surface area contributed by atoms with Gasteiger partial charge in [0.2, 0.25) is 10.0 Å². The van der Waals surface area contributed by atoms with Crippen LogP contribution in [0.3, 0.4) is 0 Å². The maximum Gasteiger partial charge on any atom is 0.326 e. The van der Waals surface area contributed by atoms with Gasteiger partial charge in [-0.1, -0.05) is 24.3 Å². The number of carbonyl (C=O) groups is 2. The summed E-state index contributed by atoms with van der Waals surface area (Å²) >= 11 is 0. The summed E-state index contributed by atoms with van der Waals surface area (Å²) < 4.78 is 22.1. The minimum atomic E-state index is -3.70. The summed E-state index contributed by atoms with van der Waals surface area (Å²) in [5.41, 5.74) is 0.531. The number of nitrogens with one attached hydrogen (secondary N) is 1. The standard InChI is InChI=1S/C14H18N2O5S/c1-2-3-7-12(14(18)19)16-13(17)11-6-4-5-10(8-11)9-22(15,20)21/h2-6,8,12H,7,9H2,1H3,(H,16,17)(H,18,19)(H2,15,20,21)/b3-2+. The van der Waals surface area contributed by atoms with Crippen molar-refractivity contribution in [3.63, 3.8) is 0 Å². The van der Waals surface area contributed by atoms with E-state index in [4.69, 9.17) is 10.2 Å². The van der Waals surface area contributed by atoms with Crippen LogP contribution in [0.15, 0.2) is 36.4 Å². The maximum atomic E-state index is 12.1. The number of rotatable bonds is 7. The smallest absolute Gasteiger partial charge is 0.326 e. The Labute approximate surface area is 128 Å². The number of carboxylic acid groups (broad SMARTS) is 1. The summed E-state index contributed by atoms with van der Waals surface area (Å²) in [6.07, 6.45) is 3.49. The zero-order valence-electron chi connectivity index (χ0n) is 12.0. The molecule has 0 aliphatic carbocycles. The molecular formula is C14H18N2O5S. The molecule has 0 spiro atoms. The lowest BCUT2D eigenvalue weighted by Gasteiger charge is -2.13. The van der Waals surface area contributed by atoms with E-state index in [0.29, 0.717) is 5.56 Å². The molecule has 22 heavy (non-hydrogen) atoms. The van der Waals surface area contributed by atoms with Crippen molar-refractivity contribution in [2.75, 3.05) is 0 Å².